The summed E-state index contributed by atoms with van der Waals surface area (Å²) < 4.78 is 5.27. The minimum Gasteiger partial charge on any atom is -0.506 e. The highest BCUT2D eigenvalue weighted by atomic mass is 32.1. The predicted molar refractivity (Wildman–Crippen MR) is 170 cm³/mol. The Labute approximate surface area is 256 Å². The zero-order valence-corrected chi connectivity index (χ0v) is 25.6. The molecule has 0 unspecified atom stereocenters. The van der Waals surface area contributed by atoms with Crippen LogP contribution >= 0.6 is 11.3 Å². The number of phenolic OH excluding ortho intramolecular Hbond substituents is 1. The Bertz CT molecular complexity index is 1590. The predicted octanol–water partition coefficient (Wildman–Crippen LogP) is 6.51. The maximum atomic E-state index is 13.4. The molecule has 3 aromatic carbocycles. The van der Waals surface area contributed by atoms with Gasteiger partial charge in [0.15, 0.2) is 0 Å². The van der Waals surface area contributed by atoms with Crippen LogP contribution in [0, 0.1) is 6.92 Å². The Balaban J connectivity index is 1.13. The molecule has 0 spiro atoms. The maximum absolute atomic E-state index is 13.4. The van der Waals surface area contributed by atoms with Gasteiger partial charge in [-0.2, -0.15) is 0 Å². The van der Waals surface area contributed by atoms with Crippen LogP contribution in [0.2, 0.25) is 0 Å². The molecule has 2 heterocycles. The van der Waals surface area contributed by atoms with Gasteiger partial charge in [0.1, 0.15) is 16.5 Å². The summed E-state index contributed by atoms with van der Waals surface area (Å²) in [6.07, 6.45) is 3.23. The summed E-state index contributed by atoms with van der Waals surface area (Å²) in [5.74, 6) is 0.692. The largest absolute Gasteiger partial charge is 0.506 e. The van der Waals surface area contributed by atoms with Crippen LogP contribution in [-0.2, 0) is 13.0 Å². The molecule has 1 aliphatic heterocycles. The van der Waals surface area contributed by atoms with Gasteiger partial charge < -0.3 is 25.4 Å². The molecule has 1 aromatic heterocycles. The molecule has 2 amide bonds. The monoisotopic (exact) mass is 598 g/mol. The minimum absolute atomic E-state index is 0.0130. The number of hydrogen-bond acceptors (Lipinski definition) is 7. The lowest BCUT2D eigenvalue weighted by atomic mass is 10.0. The molecule has 0 saturated carbocycles. The van der Waals surface area contributed by atoms with Gasteiger partial charge in [-0.25, -0.2) is 4.98 Å². The molecule has 8 nitrogen and oxygen atoms in total. The van der Waals surface area contributed by atoms with Crippen molar-refractivity contribution in [3.8, 4) is 11.5 Å². The number of nitrogens with one attached hydrogen (secondary N) is 2. The summed E-state index contributed by atoms with van der Waals surface area (Å²) >= 11 is 1.59. The lowest BCUT2D eigenvalue weighted by Gasteiger charge is -2.23. The lowest BCUT2D eigenvalue weighted by Crippen LogP contribution is -2.33. The number of anilines is 1. The number of ether oxygens (including phenoxy) is 1. The third-order valence-electron chi connectivity index (χ3n) is 7.73. The summed E-state index contributed by atoms with van der Waals surface area (Å²) in [6, 6.07) is 20.2. The van der Waals surface area contributed by atoms with Crippen LogP contribution in [0.25, 0.3) is 0 Å². The first-order valence-electron chi connectivity index (χ1n) is 14.6. The van der Waals surface area contributed by atoms with Gasteiger partial charge in [0.2, 0.25) is 0 Å². The molecular formula is C34H38N4O4S. The van der Waals surface area contributed by atoms with Crippen LogP contribution in [-0.4, -0.2) is 46.5 Å². The van der Waals surface area contributed by atoms with Gasteiger partial charge in [0, 0.05) is 41.3 Å². The second-order valence-electron chi connectivity index (χ2n) is 11.0. The number of aryl methyl sites for hydroxylation is 2. The normalized spacial score (nSPS) is 15.2. The van der Waals surface area contributed by atoms with E-state index in [1.165, 1.54) is 0 Å². The van der Waals surface area contributed by atoms with Gasteiger partial charge in [0.25, 0.3) is 11.8 Å². The molecule has 3 N–H and O–H groups in total. The molecule has 224 valence electrons. The Morgan fingerprint density at radius 3 is 2.67 bits per heavy atom. The number of carbonyl (C=O) groups excluding carboxylic acids is 2. The SMILES string of the molecule is COc1cccc(CNc2ccc(CC[C@H](C)NC(=O)c3cccc(C(=O)N4CCC[C@H]4c4nc(C)cs4)c3)cc2O)c1. The standard InChI is InChI=1S/C34H38N4O4S/c1-22(12-13-24-14-15-29(31(39)18-24)35-20-25-7-4-10-28(17-25)42-3)36-32(40)26-8-5-9-27(19-26)34(41)38-16-6-11-30(38)33-37-23(2)21-43-33/h4-5,7-10,14-15,17-19,21-22,30,35,39H,6,11-13,16,20H2,1-3H3,(H,36,40)/t22-,30-/m0/s1. The molecule has 9 heteroatoms. The van der Waals surface area contributed by atoms with Crippen molar-refractivity contribution in [3.63, 3.8) is 0 Å². The highest BCUT2D eigenvalue weighted by molar-refractivity contribution is 7.09. The zero-order valence-electron chi connectivity index (χ0n) is 24.8. The van der Waals surface area contributed by atoms with E-state index in [1.807, 2.05) is 60.5 Å². The first-order chi connectivity index (χ1) is 20.8. The Morgan fingerprint density at radius 1 is 1.09 bits per heavy atom. The van der Waals surface area contributed by atoms with Crippen molar-refractivity contribution in [2.45, 2.75) is 58.2 Å². The van der Waals surface area contributed by atoms with Crippen molar-refractivity contribution in [3.05, 3.63) is 105 Å². The molecule has 1 fully saturated rings. The van der Waals surface area contributed by atoms with Crippen LogP contribution in [0.15, 0.2) is 72.1 Å². The quantitative estimate of drug-likeness (QED) is 0.170. The topological polar surface area (TPSA) is 104 Å². The average Bonchev–Trinajstić information content (AvgIpc) is 3.68. The molecule has 1 aliphatic rings. The summed E-state index contributed by atoms with van der Waals surface area (Å²) in [7, 11) is 1.64. The van der Waals surface area contributed by atoms with E-state index >= 15 is 0 Å². The van der Waals surface area contributed by atoms with Crippen LogP contribution in [0.3, 0.4) is 0 Å². The van der Waals surface area contributed by atoms with Gasteiger partial charge >= 0.3 is 0 Å². The van der Waals surface area contributed by atoms with E-state index in [9.17, 15) is 14.7 Å². The minimum atomic E-state index is -0.212. The van der Waals surface area contributed by atoms with Gasteiger partial charge in [0.05, 0.1) is 18.8 Å². The molecule has 1 saturated heterocycles. The fourth-order valence-electron chi connectivity index (χ4n) is 5.38. The number of methoxy groups -OCH3 is 1. The molecule has 2 atom stereocenters. The number of phenols is 1. The van der Waals surface area contributed by atoms with Crippen molar-refractivity contribution in [1.82, 2.24) is 15.2 Å². The number of aromatic nitrogens is 1. The number of amides is 2. The maximum Gasteiger partial charge on any atom is 0.254 e. The molecule has 43 heavy (non-hydrogen) atoms. The van der Waals surface area contributed by atoms with Crippen LogP contribution in [0.1, 0.15) is 74.8 Å². The molecule has 5 rings (SSSR count). The Kier molecular flexibility index (Phi) is 9.61. The fourth-order valence-corrected chi connectivity index (χ4v) is 6.32. The van der Waals surface area contributed by atoms with E-state index in [0.717, 1.165) is 40.4 Å². The van der Waals surface area contributed by atoms with Crippen molar-refractivity contribution in [2.24, 2.45) is 0 Å². The average molecular weight is 599 g/mol. The summed E-state index contributed by atoms with van der Waals surface area (Å²) in [5, 5.41) is 19.9. The second kappa shape index (κ2) is 13.7. The highest BCUT2D eigenvalue weighted by Gasteiger charge is 2.32. The van der Waals surface area contributed by atoms with Gasteiger partial charge in [-0.05, 0) is 93.1 Å². The summed E-state index contributed by atoms with van der Waals surface area (Å²) in [6.45, 7) is 5.17. The van der Waals surface area contributed by atoms with Gasteiger partial charge in [-0.3, -0.25) is 9.59 Å². The molecule has 0 bridgehead atoms. The number of aromatic hydroxyl groups is 1. The number of benzene rings is 3. The van der Waals surface area contributed by atoms with Gasteiger partial charge in [-0.15, -0.1) is 11.3 Å². The number of nitrogens with zero attached hydrogens (tertiary/aromatic N) is 2. The molecule has 0 aliphatic carbocycles. The number of rotatable bonds is 11. The zero-order chi connectivity index (χ0) is 30.3. The van der Waals surface area contributed by atoms with E-state index in [1.54, 1.807) is 48.8 Å². The number of thiazole rings is 1. The number of hydrogen-bond donors (Lipinski definition) is 3. The molecule has 0 radical (unpaired) electrons. The Morgan fingerprint density at radius 2 is 1.91 bits per heavy atom. The van der Waals surface area contributed by atoms with Crippen molar-refractivity contribution in [1.29, 1.82) is 0 Å². The second-order valence-corrected chi connectivity index (χ2v) is 11.9. The van der Waals surface area contributed by atoms with E-state index in [2.05, 4.69) is 15.6 Å². The van der Waals surface area contributed by atoms with Crippen molar-refractivity contribution < 1.29 is 19.4 Å². The van der Waals surface area contributed by atoms with Crippen LogP contribution in [0.4, 0.5) is 5.69 Å². The fraction of sp³-hybridized carbons (Fsp3) is 0.324. The summed E-state index contributed by atoms with van der Waals surface area (Å²) in [5.41, 5.74) is 4.63. The Hall–Kier alpha value is -4.37. The first kappa shape index (κ1) is 30.1. The molecular weight excluding hydrogens is 560 g/mol. The summed E-state index contributed by atoms with van der Waals surface area (Å²) in [4.78, 5) is 33.0. The van der Waals surface area contributed by atoms with Gasteiger partial charge in [-0.1, -0.05) is 24.3 Å². The first-order valence-corrected chi connectivity index (χ1v) is 15.5. The van der Waals surface area contributed by atoms with E-state index in [0.29, 0.717) is 42.7 Å². The van der Waals surface area contributed by atoms with Crippen LogP contribution in [0.5, 0.6) is 11.5 Å². The van der Waals surface area contributed by atoms with Crippen molar-refractivity contribution in [2.75, 3.05) is 19.0 Å². The lowest BCUT2D eigenvalue weighted by molar-refractivity contribution is 0.0735. The van der Waals surface area contributed by atoms with Crippen LogP contribution < -0.4 is 15.4 Å². The third-order valence-corrected chi connectivity index (χ3v) is 8.79. The number of likely N-dealkylation sites (tertiary alicyclic amines) is 1. The smallest absolute Gasteiger partial charge is 0.254 e. The van der Waals surface area contributed by atoms with E-state index < -0.39 is 0 Å². The van der Waals surface area contributed by atoms with E-state index in [4.69, 9.17) is 4.74 Å². The molecule has 4 aromatic rings. The van der Waals surface area contributed by atoms with E-state index in [-0.39, 0.29) is 29.6 Å². The van der Waals surface area contributed by atoms with Crippen molar-refractivity contribution >= 4 is 28.8 Å². The highest BCUT2D eigenvalue weighted by Crippen LogP contribution is 2.35. The third kappa shape index (κ3) is 7.53. The number of carbonyl (C=O) groups is 2.